The second kappa shape index (κ2) is 6.88. The highest BCUT2D eigenvalue weighted by Gasteiger charge is 2.24. The molecule has 0 aliphatic heterocycles. The third kappa shape index (κ3) is 3.60. The maximum Gasteiger partial charge on any atom is 0.336 e. The van der Waals surface area contributed by atoms with Crippen molar-refractivity contribution in [2.75, 3.05) is 13.1 Å². The van der Waals surface area contributed by atoms with Crippen LogP contribution < -0.4 is 0 Å². The maximum atomic E-state index is 12.4. The Kier molecular flexibility index (Phi) is 5.74. The molecule has 1 aromatic carbocycles. The summed E-state index contributed by atoms with van der Waals surface area (Å²) >= 11 is 3.07. The molecule has 0 radical (unpaired) electrons. The van der Waals surface area contributed by atoms with E-state index in [9.17, 15) is 13.2 Å². The molecule has 0 saturated carbocycles. The van der Waals surface area contributed by atoms with Crippen molar-refractivity contribution in [1.29, 1.82) is 0 Å². The van der Waals surface area contributed by atoms with Crippen molar-refractivity contribution in [2.45, 2.75) is 18.2 Å². The topological polar surface area (TPSA) is 74.7 Å². The van der Waals surface area contributed by atoms with Gasteiger partial charge >= 0.3 is 5.97 Å². The highest BCUT2D eigenvalue weighted by atomic mass is 79.9. The molecule has 0 bridgehead atoms. The van der Waals surface area contributed by atoms with Crippen LogP contribution in [0.5, 0.6) is 0 Å². The van der Waals surface area contributed by atoms with Crippen molar-refractivity contribution >= 4 is 31.9 Å². The van der Waals surface area contributed by atoms with Gasteiger partial charge in [0.2, 0.25) is 10.0 Å². The zero-order valence-corrected chi connectivity index (χ0v) is 13.2. The van der Waals surface area contributed by atoms with Crippen LogP contribution in [0.4, 0.5) is 0 Å². The minimum absolute atomic E-state index is 0.0470. The second-order valence-electron chi connectivity index (χ2n) is 3.99. The highest BCUT2D eigenvalue weighted by molar-refractivity contribution is 9.10. The van der Waals surface area contributed by atoms with Crippen molar-refractivity contribution in [3.63, 3.8) is 0 Å². The fourth-order valence-corrected chi connectivity index (χ4v) is 3.50. The molecule has 0 atom stereocenters. The summed E-state index contributed by atoms with van der Waals surface area (Å²) in [6, 6.07) is 3.88. The summed E-state index contributed by atoms with van der Waals surface area (Å²) in [5.41, 5.74) is -0.108. The first-order valence-corrected chi connectivity index (χ1v) is 8.04. The maximum absolute atomic E-state index is 12.4. The van der Waals surface area contributed by atoms with Crippen LogP contribution in [0.15, 0.2) is 27.6 Å². The van der Waals surface area contributed by atoms with Gasteiger partial charge in [-0.2, -0.15) is 4.31 Å². The number of nitrogens with zero attached hydrogens (tertiary/aromatic N) is 1. The Bertz CT molecular complexity index is 649. The summed E-state index contributed by atoms with van der Waals surface area (Å²) in [4.78, 5) is 11.0. The molecule has 20 heavy (non-hydrogen) atoms. The van der Waals surface area contributed by atoms with Crippen LogP contribution >= 0.6 is 15.9 Å². The third-order valence-electron chi connectivity index (χ3n) is 2.55. The number of halogens is 1. The summed E-state index contributed by atoms with van der Waals surface area (Å²) < 4.78 is 26.3. The van der Waals surface area contributed by atoms with Crippen LogP contribution in [-0.4, -0.2) is 36.9 Å². The monoisotopic (exact) mass is 359 g/mol. The third-order valence-corrected chi connectivity index (χ3v) is 5.08. The molecule has 0 saturated heterocycles. The lowest BCUT2D eigenvalue weighted by Gasteiger charge is -2.19. The first-order valence-electron chi connectivity index (χ1n) is 5.81. The van der Waals surface area contributed by atoms with Crippen LogP contribution in [0.25, 0.3) is 0 Å². The van der Waals surface area contributed by atoms with Crippen LogP contribution in [0, 0.1) is 12.3 Å². The SMILES string of the molecule is C#CCN(CCC)S(=O)(=O)c1ccc(Br)c(C(=O)O)c1. The molecule has 5 nitrogen and oxygen atoms in total. The summed E-state index contributed by atoms with van der Waals surface area (Å²) in [5.74, 6) is 1.10. The number of benzene rings is 1. The molecule has 1 N–H and O–H groups in total. The van der Waals surface area contributed by atoms with E-state index >= 15 is 0 Å². The van der Waals surface area contributed by atoms with E-state index in [2.05, 4.69) is 21.9 Å². The number of carbonyl (C=O) groups is 1. The molecule has 108 valence electrons. The van der Waals surface area contributed by atoms with E-state index in [4.69, 9.17) is 11.5 Å². The lowest BCUT2D eigenvalue weighted by atomic mass is 10.2. The van der Waals surface area contributed by atoms with Crippen molar-refractivity contribution in [2.24, 2.45) is 0 Å². The molecule has 0 unspecified atom stereocenters. The Labute approximate surface area is 126 Å². The molecule has 0 amide bonds. The minimum Gasteiger partial charge on any atom is -0.478 e. The predicted molar refractivity (Wildman–Crippen MR) is 79.0 cm³/mol. The fourth-order valence-electron chi connectivity index (χ4n) is 1.61. The number of aromatic carboxylic acids is 1. The van der Waals surface area contributed by atoms with Gasteiger partial charge in [0.15, 0.2) is 0 Å². The molecule has 0 spiro atoms. The molecular weight excluding hydrogens is 346 g/mol. The normalized spacial score (nSPS) is 11.3. The van der Waals surface area contributed by atoms with Crippen molar-refractivity contribution in [1.82, 2.24) is 4.31 Å². The average molecular weight is 360 g/mol. The number of sulfonamides is 1. The molecule has 7 heteroatoms. The summed E-state index contributed by atoms with van der Waals surface area (Å²) in [5, 5.41) is 9.03. The summed E-state index contributed by atoms with van der Waals surface area (Å²) in [7, 11) is -3.79. The van der Waals surface area contributed by atoms with Gasteiger partial charge in [-0.3, -0.25) is 0 Å². The average Bonchev–Trinajstić information content (AvgIpc) is 2.38. The molecule has 0 aliphatic rings. The Hall–Kier alpha value is -1.36. The van der Waals surface area contributed by atoms with Gasteiger partial charge in [-0.05, 0) is 40.5 Å². The minimum atomic E-state index is -3.79. The summed E-state index contributed by atoms with van der Waals surface area (Å²) in [6.07, 6.45) is 5.79. The second-order valence-corrected chi connectivity index (χ2v) is 6.78. The van der Waals surface area contributed by atoms with Crippen LogP contribution in [0.3, 0.4) is 0 Å². The van der Waals surface area contributed by atoms with Crippen molar-refractivity contribution in [3.8, 4) is 12.3 Å². The molecule has 0 aliphatic carbocycles. The van der Waals surface area contributed by atoms with Crippen molar-refractivity contribution in [3.05, 3.63) is 28.2 Å². The smallest absolute Gasteiger partial charge is 0.336 e. The number of hydrogen-bond donors (Lipinski definition) is 1. The van der Waals surface area contributed by atoms with Gasteiger partial charge in [-0.15, -0.1) is 6.42 Å². The predicted octanol–water partition coefficient (Wildman–Crippen LogP) is 2.18. The van der Waals surface area contributed by atoms with E-state index in [-0.39, 0.29) is 23.5 Å². The molecule has 1 rings (SSSR count). The van der Waals surface area contributed by atoms with Crippen LogP contribution in [-0.2, 0) is 10.0 Å². The van der Waals surface area contributed by atoms with Crippen LogP contribution in [0.1, 0.15) is 23.7 Å². The first kappa shape index (κ1) is 16.7. The Morgan fingerprint density at radius 1 is 1.50 bits per heavy atom. The van der Waals surface area contributed by atoms with Gasteiger partial charge in [0.25, 0.3) is 0 Å². The number of carboxylic acid groups (broad SMARTS) is 1. The zero-order chi connectivity index (χ0) is 15.3. The number of hydrogen-bond acceptors (Lipinski definition) is 3. The van der Waals surface area contributed by atoms with E-state index in [1.54, 1.807) is 0 Å². The highest BCUT2D eigenvalue weighted by Crippen LogP contribution is 2.23. The Morgan fingerprint density at radius 3 is 2.65 bits per heavy atom. The van der Waals surface area contributed by atoms with E-state index in [0.29, 0.717) is 10.9 Å². The van der Waals surface area contributed by atoms with Gasteiger partial charge in [-0.1, -0.05) is 12.8 Å². The van der Waals surface area contributed by atoms with E-state index < -0.39 is 16.0 Å². The van der Waals surface area contributed by atoms with E-state index in [1.165, 1.54) is 12.1 Å². The first-order chi connectivity index (χ1) is 9.34. The number of rotatable bonds is 6. The van der Waals surface area contributed by atoms with Gasteiger partial charge in [-0.25, -0.2) is 13.2 Å². The standard InChI is InChI=1S/C13H14BrNO4S/c1-3-7-15(8-4-2)20(18,19)10-5-6-12(14)11(9-10)13(16)17/h1,5-6,9H,4,7-8H2,2H3,(H,16,17). The largest absolute Gasteiger partial charge is 0.478 e. The summed E-state index contributed by atoms with van der Waals surface area (Å²) in [6.45, 7) is 2.07. The molecule has 1 aromatic rings. The molecule has 0 aromatic heterocycles. The molecule has 0 fully saturated rings. The van der Waals surface area contributed by atoms with Gasteiger partial charge in [0.05, 0.1) is 17.0 Å². The number of carboxylic acids is 1. The Balaban J connectivity index is 3.31. The van der Waals surface area contributed by atoms with Gasteiger partial charge in [0, 0.05) is 11.0 Å². The number of terminal acetylenes is 1. The quantitative estimate of drug-likeness (QED) is 0.789. The van der Waals surface area contributed by atoms with E-state index in [0.717, 1.165) is 10.4 Å². The zero-order valence-electron chi connectivity index (χ0n) is 10.8. The van der Waals surface area contributed by atoms with Crippen molar-refractivity contribution < 1.29 is 18.3 Å². The van der Waals surface area contributed by atoms with E-state index in [1.807, 2.05) is 6.92 Å². The lowest BCUT2D eigenvalue weighted by Crippen LogP contribution is -2.32. The lowest BCUT2D eigenvalue weighted by molar-refractivity contribution is 0.0695. The fraction of sp³-hybridized carbons (Fsp3) is 0.308. The van der Waals surface area contributed by atoms with Gasteiger partial charge in [0.1, 0.15) is 0 Å². The van der Waals surface area contributed by atoms with Gasteiger partial charge < -0.3 is 5.11 Å². The Morgan fingerprint density at radius 2 is 2.15 bits per heavy atom. The molecule has 0 heterocycles. The molecular formula is C13H14BrNO4S. The van der Waals surface area contributed by atoms with Crippen LogP contribution in [0.2, 0.25) is 0 Å².